The summed E-state index contributed by atoms with van der Waals surface area (Å²) in [6.07, 6.45) is 2.10. The number of hydrogen-bond donors (Lipinski definition) is 3. The van der Waals surface area contributed by atoms with Crippen LogP contribution in [0.15, 0.2) is 64.9 Å². The molecule has 3 aromatic heterocycles. The SMILES string of the molecule is CCN/C(=C(/OCc1ccc(OC)cc1)C(C)=N)c1nc(-c2nc(C(=O)NCc3ccc(OC)cc3OC)cc3c2cnn3C)c(C=O)o1. The van der Waals surface area contributed by atoms with E-state index in [2.05, 4.69) is 25.7 Å². The first-order valence-corrected chi connectivity index (χ1v) is 15.3. The monoisotopic (exact) mass is 667 g/mol. The standard InChI is InChI=1S/C35H37N7O7/c1-7-37-32(33(20(2)36)48-19-21-8-11-23(45-4)12-9-21)35-41-31(29(18-43)49-35)30-25-17-39-42(3)27(25)15-26(40-30)34(44)38-16-22-10-13-24(46-5)14-28(22)47-6/h8-15,17-18,36-37H,7,16,19H2,1-6H3,(H,38,44)/b33-32+,36-20?. The van der Waals surface area contributed by atoms with E-state index in [1.54, 1.807) is 63.3 Å². The minimum atomic E-state index is -0.472. The van der Waals surface area contributed by atoms with Crippen molar-refractivity contribution in [1.29, 1.82) is 5.41 Å². The number of ether oxygens (including phenoxy) is 4. The molecule has 0 aliphatic rings. The average molecular weight is 668 g/mol. The maximum Gasteiger partial charge on any atom is 0.270 e. The van der Waals surface area contributed by atoms with Gasteiger partial charge in [0.1, 0.15) is 46.6 Å². The molecule has 3 N–H and O–H groups in total. The van der Waals surface area contributed by atoms with Crippen LogP contribution in [0.2, 0.25) is 0 Å². The third kappa shape index (κ3) is 7.38. The lowest BCUT2D eigenvalue weighted by Crippen LogP contribution is -2.24. The molecular weight excluding hydrogens is 630 g/mol. The van der Waals surface area contributed by atoms with E-state index in [4.69, 9.17) is 28.8 Å². The van der Waals surface area contributed by atoms with E-state index in [-0.39, 0.29) is 59.1 Å². The van der Waals surface area contributed by atoms with E-state index in [9.17, 15) is 9.59 Å². The van der Waals surface area contributed by atoms with Crippen LogP contribution in [0.5, 0.6) is 17.2 Å². The number of oxazole rings is 1. The first-order valence-electron chi connectivity index (χ1n) is 15.3. The van der Waals surface area contributed by atoms with E-state index in [0.717, 1.165) is 11.1 Å². The Labute approximate surface area is 282 Å². The van der Waals surface area contributed by atoms with Crippen LogP contribution in [0.3, 0.4) is 0 Å². The number of nitrogens with one attached hydrogen (secondary N) is 3. The Morgan fingerprint density at radius 2 is 1.71 bits per heavy atom. The highest BCUT2D eigenvalue weighted by atomic mass is 16.5. The van der Waals surface area contributed by atoms with Crippen molar-refractivity contribution in [2.75, 3.05) is 27.9 Å². The molecule has 5 aromatic rings. The van der Waals surface area contributed by atoms with Gasteiger partial charge in [0, 0.05) is 37.2 Å². The summed E-state index contributed by atoms with van der Waals surface area (Å²) in [4.78, 5) is 35.2. The summed E-state index contributed by atoms with van der Waals surface area (Å²) >= 11 is 0. The topological polar surface area (TPSA) is 176 Å². The largest absolute Gasteiger partial charge is 0.497 e. The second-order valence-electron chi connectivity index (χ2n) is 10.8. The third-order valence-electron chi connectivity index (χ3n) is 7.57. The van der Waals surface area contributed by atoms with Crippen molar-refractivity contribution in [2.24, 2.45) is 7.05 Å². The smallest absolute Gasteiger partial charge is 0.270 e. The van der Waals surface area contributed by atoms with Gasteiger partial charge >= 0.3 is 0 Å². The number of fused-ring (bicyclic) bond motifs is 1. The molecule has 254 valence electrons. The van der Waals surface area contributed by atoms with Gasteiger partial charge in [0.25, 0.3) is 5.91 Å². The minimum Gasteiger partial charge on any atom is -0.497 e. The number of pyridine rings is 1. The van der Waals surface area contributed by atoms with Gasteiger partial charge in [0.2, 0.25) is 5.89 Å². The Hall–Kier alpha value is -6.18. The predicted octanol–water partition coefficient (Wildman–Crippen LogP) is 4.93. The molecule has 0 aliphatic heterocycles. The molecule has 0 bridgehead atoms. The number of carbonyl (C=O) groups is 2. The summed E-state index contributed by atoms with van der Waals surface area (Å²) in [6.45, 7) is 4.19. The molecule has 0 atom stereocenters. The van der Waals surface area contributed by atoms with E-state index >= 15 is 0 Å². The van der Waals surface area contributed by atoms with Crippen molar-refractivity contribution in [1.82, 2.24) is 30.4 Å². The van der Waals surface area contributed by atoms with Crippen molar-refractivity contribution >= 4 is 34.5 Å². The Balaban J connectivity index is 1.52. The molecule has 5 rings (SSSR count). The summed E-state index contributed by atoms with van der Waals surface area (Å²) < 4.78 is 29.6. The number of rotatable bonds is 15. The molecule has 0 saturated carbocycles. The zero-order valence-electron chi connectivity index (χ0n) is 28.0. The van der Waals surface area contributed by atoms with Crippen LogP contribution in [0.25, 0.3) is 28.0 Å². The summed E-state index contributed by atoms with van der Waals surface area (Å²) in [5.41, 5.74) is 2.94. The normalized spacial score (nSPS) is 11.5. The number of methoxy groups -OCH3 is 3. The number of allylic oxidation sites excluding steroid dienone is 1. The second-order valence-corrected chi connectivity index (χ2v) is 10.8. The molecule has 49 heavy (non-hydrogen) atoms. The Bertz CT molecular complexity index is 2030. The van der Waals surface area contributed by atoms with Crippen LogP contribution in [0.1, 0.15) is 51.9 Å². The second kappa shape index (κ2) is 15.2. The Morgan fingerprint density at radius 1 is 0.980 bits per heavy atom. The number of hydrogen-bond acceptors (Lipinski definition) is 12. The van der Waals surface area contributed by atoms with Gasteiger partial charge in [-0.25, -0.2) is 9.97 Å². The molecule has 0 spiro atoms. The highest BCUT2D eigenvalue weighted by Gasteiger charge is 2.26. The van der Waals surface area contributed by atoms with Crippen LogP contribution in [0.4, 0.5) is 0 Å². The van der Waals surface area contributed by atoms with E-state index in [1.807, 2.05) is 31.2 Å². The lowest BCUT2D eigenvalue weighted by Gasteiger charge is -2.15. The molecule has 2 aromatic carbocycles. The fraction of sp³-hybridized carbons (Fsp3) is 0.257. The molecule has 3 heterocycles. The molecule has 0 aliphatic carbocycles. The maximum atomic E-state index is 13.5. The molecule has 0 unspecified atom stereocenters. The molecule has 14 heteroatoms. The fourth-order valence-corrected chi connectivity index (χ4v) is 5.07. The van der Waals surface area contributed by atoms with Gasteiger partial charge in [-0.1, -0.05) is 12.1 Å². The van der Waals surface area contributed by atoms with Gasteiger partial charge in [0.15, 0.2) is 17.8 Å². The number of amides is 1. The van der Waals surface area contributed by atoms with Crippen molar-refractivity contribution < 1.29 is 33.0 Å². The Morgan fingerprint density at radius 3 is 2.37 bits per heavy atom. The number of benzene rings is 2. The maximum absolute atomic E-state index is 13.5. The van der Waals surface area contributed by atoms with Gasteiger partial charge < -0.3 is 39.4 Å². The predicted molar refractivity (Wildman–Crippen MR) is 182 cm³/mol. The van der Waals surface area contributed by atoms with Gasteiger partial charge in [0.05, 0.1) is 38.8 Å². The summed E-state index contributed by atoms with van der Waals surface area (Å²) in [5, 5.41) is 19.4. The highest BCUT2D eigenvalue weighted by molar-refractivity contribution is 6.02. The summed E-state index contributed by atoms with van der Waals surface area (Å²) in [5.74, 6) is 1.48. The lowest BCUT2D eigenvalue weighted by atomic mass is 10.1. The first-order chi connectivity index (χ1) is 23.7. The van der Waals surface area contributed by atoms with Crippen molar-refractivity contribution in [3.8, 4) is 28.6 Å². The van der Waals surface area contributed by atoms with Gasteiger partial charge in [-0.3, -0.25) is 14.3 Å². The zero-order chi connectivity index (χ0) is 35.1. The number of aryl methyl sites for hydroxylation is 1. The van der Waals surface area contributed by atoms with Crippen LogP contribution < -0.4 is 24.8 Å². The van der Waals surface area contributed by atoms with Crippen molar-refractivity contribution in [3.05, 3.63) is 89.0 Å². The molecule has 0 fully saturated rings. The molecule has 1 amide bonds. The Kier molecular flexibility index (Phi) is 10.6. The van der Waals surface area contributed by atoms with E-state index in [1.165, 1.54) is 7.11 Å². The van der Waals surface area contributed by atoms with Gasteiger partial charge in [-0.05, 0) is 49.7 Å². The van der Waals surface area contributed by atoms with Crippen molar-refractivity contribution in [2.45, 2.75) is 27.0 Å². The van der Waals surface area contributed by atoms with Crippen LogP contribution in [-0.4, -0.2) is 65.5 Å². The van der Waals surface area contributed by atoms with Gasteiger partial charge in [-0.2, -0.15) is 5.10 Å². The zero-order valence-corrected chi connectivity index (χ0v) is 28.0. The number of aldehydes is 1. The highest BCUT2D eigenvalue weighted by Crippen LogP contribution is 2.32. The average Bonchev–Trinajstić information content (AvgIpc) is 3.73. The minimum absolute atomic E-state index is 0.00979. The summed E-state index contributed by atoms with van der Waals surface area (Å²) in [6, 6.07) is 14.3. The first kappa shape index (κ1) is 34.2. The molecule has 0 saturated heterocycles. The fourth-order valence-electron chi connectivity index (χ4n) is 5.07. The van der Waals surface area contributed by atoms with E-state index in [0.29, 0.717) is 41.0 Å². The molecule has 0 radical (unpaired) electrons. The van der Waals surface area contributed by atoms with E-state index < -0.39 is 5.91 Å². The quantitative estimate of drug-likeness (QED) is 0.0784. The third-order valence-corrected chi connectivity index (χ3v) is 7.57. The van der Waals surface area contributed by atoms with Crippen LogP contribution in [-0.2, 0) is 24.9 Å². The van der Waals surface area contributed by atoms with Gasteiger partial charge in [-0.15, -0.1) is 0 Å². The number of carbonyl (C=O) groups excluding carboxylic acids is 2. The molecule has 14 nitrogen and oxygen atoms in total. The van der Waals surface area contributed by atoms with Crippen molar-refractivity contribution in [3.63, 3.8) is 0 Å². The molecular formula is C35H37N7O7. The number of nitrogens with zero attached hydrogens (tertiary/aromatic N) is 4. The van der Waals surface area contributed by atoms with Crippen LogP contribution >= 0.6 is 0 Å². The summed E-state index contributed by atoms with van der Waals surface area (Å²) in [7, 11) is 6.42. The van der Waals surface area contributed by atoms with Crippen LogP contribution in [0, 0.1) is 5.41 Å². The lowest BCUT2D eigenvalue weighted by molar-refractivity contribution is 0.0945. The number of aromatic nitrogens is 4.